The molecule has 2 rings (SSSR count). The highest BCUT2D eigenvalue weighted by molar-refractivity contribution is 6.05. The summed E-state index contributed by atoms with van der Waals surface area (Å²) < 4.78 is 21.0. The monoisotopic (exact) mass is 286 g/mol. The van der Waals surface area contributed by atoms with Crippen LogP contribution in [-0.2, 0) is 28.5 Å². The van der Waals surface area contributed by atoms with Gasteiger partial charge in [-0.2, -0.15) is 0 Å². The fourth-order valence-electron chi connectivity index (χ4n) is 3.61. The van der Waals surface area contributed by atoms with Crippen molar-refractivity contribution < 1.29 is 28.5 Å². The molecule has 0 unspecified atom stereocenters. The lowest BCUT2D eigenvalue weighted by atomic mass is 9.96. The van der Waals surface area contributed by atoms with E-state index in [1.54, 1.807) is 13.8 Å². The molecule has 0 amide bonds. The second-order valence-corrected chi connectivity index (χ2v) is 6.36. The lowest BCUT2D eigenvalue weighted by molar-refractivity contribution is -0.166. The van der Waals surface area contributed by atoms with E-state index in [1.807, 2.05) is 13.8 Å². The molecular weight excluding hydrogens is 264 g/mol. The summed E-state index contributed by atoms with van der Waals surface area (Å²) >= 11 is 0. The molecule has 0 N–H and O–H groups in total. The molecule has 0 aromatic rings. The Morgan fingerprint density at radius 1 is 1.05 bits per heavy atom. The fraction of sp³-hybridized carbons (Fsp3) is 0.857. The minimum Gasteiger partial charge on any atom is -0.468 e. The molecule has 0 aromatic carbocycles. The van der Waals surface area contributed by atoms with Crippen molar-refractivity contribution in [2.24, 2.45) is 16.7 Å². The first-order chi connectivity index (χ1) is 9.15. The first-order valence-electron chi connectivity index (χ1n) is 6.63. The summed E-state index contributed by atoms with van der Waals surface area (Å²) in [6.45, 7) is 7.65. The number of carbonyl (C=O) groups is 2. The molecule has 1 saturated carbocycles. The Morgan fingerprint density at radius 2 is 1.55 bits per heavy atom. The van der Waals surface area contributed by atoms with Crippen LogP contribution >= 0.6 is 0 Å². The van der Waals surface area contributed by atoms with E-state index in [0.717, 1.165) is 0 Å². The minimum atomic E-state index is -1.31. The largest absolute Gasteiger partial charge is 0.468 e. The number of carbonyl (C=O) groups excluding carboxylic acids is 2. The highest BCUT2D eigenvalue weighted by Gasteiger charge is 2.84. The first kappa shape index (κ1) is 15.3. The van der Waals surface area contributed by atoms with Gasteiger partial charge in [-0.05, 0) is 19.3 Å². The van der Waals surface area contributed by atoms with Crippen molar-refractivity contribution in [3.8, 4) is 0 Å². The topological polar surface area (TPSA) is 71.1 Å². The van der Waals surface area contributed by atoms with Crippen molar-refractivity contribution >= 4 is 11.9 Å². The highest BCUT2D eigenvalue weighted by atomic mass is 16.7. The van der Waals surface area contributed by atoms with Crippen LogP contribution in [0.4, 0.5) is 0 Å². The van der Waals surface area contributed by atoms with E-state index in [9.17, 15) is 9.59 Å². The van der Waals surface area contributed by atoms with E-state index in [4.69, 9.17) is 18.9 Å². The standard InChI is InChI=1S/C14H22O6/c1-12(2)9(8-7-19-13(3,4)20-8)14(12,10(15)17-5)11(16)18-6/h8-9H,7H2,1-6H3/t8-,9-/m0/s1. The summed E-state index contributed by atoms with van der Waals surface area (Å²) in [5.74, 6) is -2.18. The van der Waals surface area contributed by atoms with Gasteiger partial charge in [0, 0.05) is 5.92 Å². The SMILES string of the molecule is COC(=O)C1(C(=O)OC)[C@@H]([C@@H]2COC(C)(C)O2)C1(C)C. The molecule has 6 nitrogen and oxygen atoms in total. The zero-order valence-electron chi connectivity index (χ0n) is 12.8. The molecular formula is C14H22O6. The average Bonchev–Trinajstić information content (AvgIpc) is 2.68. The van der Waals surface area contributed by atoms with E-state index in [1.165, 1.54) is 14.2 Å². The Morgan fingerprint density at radius 3 is 1.90 bits per heavy atom. The van der Waals surface area contributed by atoms with Gasteiger partial charge in [-0.3, -0.25) is 9.59 Å². The molecule has 1 heterocycles. The minimum absolute atomic E-state index is 0.323. The molecule has 0 spiro atoms. The van der Waals surface area contributed by atoms with Crippen LogP contribution < -0.4 is 0 Å². The predicted molar refractivity (Wildman–Crippen MR) is 68.6 cm³/mol. The first-order valence-corrected chi connectivity index (χ1v) is 6.63. The van der Waals surface area contributed by atoms with Gasteiger partial charge in [0.2, 0.25) is 0 Å². The average molecular weight is 286 g/mol. The van der Waals surface area contributed by atoms with Gasteiger partial charge in [0.05, 0.1) is 26.9 Å². The van der Waals surface area contributed by atoms with Crippen LogP contribution in [0.3, 0.4) is 0 Å². The number of rotatable bonds is 3. The Labute approximate surface area is 118 Å². The summed E-state index contributed by atoms with van der Waals surface area (Å²) in [5, 5.41) is 0. The molecule has 0 radical (unpaired) electrons. The van der Waals surface area contributed by atoms with Crippen molar-refractivity contribution in [2.45, 2.75) is 39.6 Å². The quantitative estimate of drug-likeness (QED) is 0.572. The zero-order valence-corrected chi connectivity index (χ0v) is 12.8. The van der Waals surface area contributed by atoms with Gasteiger partial charge in [0.15, 0.2) is 11.2 Å². The Hall–Kier alpha value is -1.14. The molecule has 0 aromatic heterocycles. The third-order valence-corrected chi connectivity index (χ3v) is 4.59. The van der Waals surface area contributed by atoms with Crippen LogP contribution in [0.25, 0.3) is 0 Å². The lowest BCUT2D eigenvalue weighted by Gasteiger charge is -2.18. The van der Waals surface area contributed by atoms with E-state index in [0.29, 0.717) is 6.61 Å². The van der Waals surface area contributed by atoms with E-state index in [2.05, 4.69) is 0 Å². The van der Waals surface area contributed by atoms with Crippen LogP contribution in [0.5, 0.6) is 0 Å². The summed E-state index contributed by atoms with van der Waals surface area (Å²) in [5.41, 5.74) is -1.91. The fourth-order valence-corrected chi connectivity index (χ4v) is 3.61. The molecule has 1 saturated heterocycles. The van der Waals surface area contributed by atoms with Crippen LogP contribution in [0, 0.1) is 16.7 Å². The van der Waals surface area contributed by atoms with E-state index in [-0.39, 0.29) is 12.0 Å². The van der Waals surface area contributed by atoms with Gasteiger partial charge in [-0.25, -0.2) is 0 Å². The molecule has 2 fully saturated rings. The van der Waals surface area contributed by atoms with Gasteiger partial charge in [0.25, 0.3) is 0 Å². The zero-order chi connectivity index (χ0) is 15.3. The van der Waals surface area contributed by atoms with Gasteiger partial charge in [0.1, 0.15) is 0 Å². The normalized spacial score (nSPS) is 32.5. The molecule has 2 aliphatic rings. The van der Waals surface area contributed by atoms with E-state index < -0.39 is 28.6 Å². The van der Waals surface area contributed by atoms with E-state index >= 15 is 0 Å². The molecule has 20 heavy (non-hydrogen) atoms. The lowest BCUT2D eigenvalue weighted by Crippen LogP contribution is -2.35. The molecule has 1 aliphatic heterocycles. The Bertz CT molecular complexity index is 423. The summed E-state index contributed by atoms with van der Waals surface area (Å²) in [7, 11) is 2.54. The summed E-state index contributed by atoms with van der Waals surface area (Å²) in [6, 6.07) is 0. The third kappa shape index (κ3) is 1.78. The van der Waals surface area contributed by atoms with Gasteiger partial charge in [-0.1, -0.05) is 13.8 Å². The smallest absolute Gasteiger partial charge is 0.324 e. The molecule has 6 heteroatoms. The number of hydrogen-bond acceptors (Lipinski definition) is 6. The second kappa shape index (κ2) is 4.43. The summed E-state index contributed by atoms with van der Waals surface area (Å²) in [4.78, 5) is 24.4. The van der Waals surface area contributed by atoms with Crippen LogP contribution in [-0.4, -0.2) is 44.7 Å². The molecule has 2 atom stereocenters. The maximum Gasteiger partial charge on any atom is 0.324 e. The molecule has 0 bridgehead atoms. The molecule has 114 valence electrons. The number of hydrogen-bond donors (Lipinski definition) is 0. The van der Waals surface area contributed by atoms with Gasteiger partial charge < -0.3 is 18.9 Å². The second-order valence-electron chi connectivity index (χ2n) is 6.36. The molecule has 1 aliphatic carbocycles. The number of methoxy groups -OCH3 is 2. The predicted octanol–water partition coefficient (Wildman–Crippen LogP) is 1.13. The highest BCUT2D eigenvalue weighted by Crippen LogP contribution is 2.72. The number of esters is 2. The van der Waals surface area contributed by atoms with Crippen LogP contribution in [0.1, 0.15) is 27.7 Å². The van der Waals surface area contributed by atoms with Gasteiger partial charge in [-0.15, -0.1) is 0 Å². The number of ether oxygens (including phenoxy) is 4. The maximum absolute atomic E-state index is 12.2. The Balaban J connectivity index is 2.34. The third-order valence-electron chi connectivity index (χ3n) is 4.59. The Kier molecular flexibility index (Phi) is 3.38. The van der Waals surface area contributed by atoms with Crippen molar-refractivity contribution in [3.63, 3.8) is 0 Å². The van der Waals surface area contributed by atoms with Crippen molar-refractivity contribution in [1.82, 2.24) is 0 Å². The van der Waals surface area contributed by atoms with Crippen molar-refractivity contribution in [1.29, 1.82) is 0 Å². The van der Waals surface area contributed by atoms with Crippen molar-refractivity contribution in [2.75, 3.05) is 20.8 Å². The summed E-state index contributed by atoms with van der Waals surface area (Å²) in [6.07, 6.45) is -0.335. The maximum atomic E-state index is 12.2. The van der Waals surface area contributed by atoms with Gasteiger partial charge >= 0.3 is 11.9 Å². The van der Waals surface area contributed by atoms with Crippen LogP contribution in [0.15, 0.2) is 0 Å². The van der Waals surface area contributed by atoms with Crippen LogP contribution in [0.2, 0.25) is 0 Å². The van der Waals surface area contributed by atoms with Crippen molar-refractivity contribution in [3.05, 3.63) is 0 Å².